The number of rotatable bonds is 16. The van der Waals surface area contributed by atoms with E-state index in [0.717, 1.165) is 16.7 Å². The van der Waals surface area contributed by atoms with Crippen molar-refractivity contribution < 1.29 is 46.8 Å². The summed E-state index contributed by atoms with van der Waals surface area (Å²) < 4.78 is 66.9. The second-order valence-electron chi connectivity index (χ2n) is 16.0. The molecule has 2 saturated heterocycles. The number of H-pyrrole nitrogens is 2. The van der Waals surface area contributed by atoms with Crippen molar-refractivity contribution in [3.8, 4) is 11.5 Å². The van der Waals surface area contributed by atoms with Gasteiger partial charge in [0, 0.05) is 26.4 Å². The zero-order valence-electron chi connectivity index (χ0n) is 36.6. The number of aromatic amines is 2. The van der Waals surface area contributed by atoms with E-state index in [-0.39, 0.29) is 60.3 Å². The maximum Gasteiger partial charge on any atom is 0.328 e. The van der Waals surface area contributed by atoms with Gasteiger partial charge in [0.25, 0.3) is 11.1 Å². The number of methoxy groups -OCH3 is 2. The first kappa shape index (κ1) is 45.2. The Morgan fingerprint density at radius 2 is 1.22 bits per heavy atom. The van der Waals surface area contributed by atoms with E-state index in [1.54, 1.807) is 18.8 Å². The minimum Gasteiger partial charge on any atom is -0.497 e. The summed E-state index contributed by atoms with van der Waals surface area (Å²) in [5, 5.41) is 0. The molecule has 0 amide bonds. The fraction of sp³-hybridized carbons (Fsp3) is 0.341. The number of fused-ring (bicyclic) bond motifs is 2. The highest BCUT2D eigenvalue weighted by Gasteiger charge is 2.46. The van der Waals surface area contributed by atoms with Gasteiger partial charge in [-0.15, -0.1) is 0 Å². The predicted molar refractivity (Wildman–Crippen MR) is 240 cm³/mol. The van der Waals surface area contributed by atoms with E-state index in [1.807, 2.05) is 78.9 Å². The second kappa shape index (κ2) is 18.4. The van der Waals surface area contributed by atoms with E-state index in [0.29, 0.717) is 11.5 Å². The topological polar surface area (TPSA) is 287 Å². The Hall–Kier alpha value is -6.94. The first-order valence-electron chi connectivity index (χ1n) is 21.1. The highest BCUT2D eigenvalue weighted by atomic mass is 31.2. The monoisotopic (exact) mass is 938 g/mol. The molecule has 6 N–H and O–H groups in total. The molecular weight excluding hydrogens is 892 g/mol. The molecule has 2 fully saturated rings. The van der Waals surface area contributed by atoms with Crippen LogP contribution < -0.4 is 32.1 Å². The standard InChI is InChI=1S/C44H47N10O12P/c1-24(55)63-30-18-34(53-22-47-36-38(53)49-42(45)51-40(36)56)65-33(30)21-62-67(4,58)66-31-19-35(54-23-48-37-39(54)50-43(46)52-41(37)57)64-32(31)20-61-44(25-8-6-5-7-9-25,26-10-14-28(59-2)15-11-26)27-12-16-29(60-3)17-13-27/h5-17,22-23,30-35H,18-21H2,1-4H3,(H3,45,49,51,56)(H3,46,50,52,57)/t30-,31-,32+,33+,34+,35+,67?/m0/s1. The van der Waals surface area contributed by atoms with Gasteiger partial charge >= 0.3 is 13.6 Å². The SMILES string of the molecule is COc1ccc(C(OC[C@H]2O[C@@H](n3cnc4c(=O)[nH]c(N)nc43)C[C@@H]2OP(C)(=O)OC[C@H]2O[C@@H](n3cnc4c(=O)[nH]c(N)nc43)C[C@@H]2OC(C)=O)(c2ccccc2)c2ccc(OC)cc2)cc1. The first-order valence-corrected chi connectivity index (χ1v) is 23.1. The molecule has 0 spiro atoms. The van der Waals surface area contributed by atoms with Crippen LogP contribution in [0, 0.1) is 0 Å². The Morgan fingerprint density at radius 3 is 1.72 bits per heavy atom. The Balaban J connectivity index is 1.03. The number of carbonyl (C=O) groups excluding carboxylic acids is 1. The average Bonchev–Trinajstić information content (AvgIpc) is 4.12. The Bertz CT molecular complexity index is 3020. The minimum absolute atomic E-state index is 0.0346. The Morgan fingerprint density at radius 1 is 0.746 bits per heavy atom. The lowest BCUT2D eigenvalue weighted by Gasteiger charge is -2.37. The summed E-state index contributed by atoms with van der Waals surface area (Å²) in [5.41, 5.74) is 12.1. The highest BCUT2D eigenvalue weighted by Crippen LogP contribution is 2.51. The van der Waals surface area contributed by atoms with E-state index in [2.05, 4.69) is 29.9 Å². The van der Waals surface area contributed by atoms with Gasteiger partial charge in [-0.05, 0) is 41.0 Å². The predicted octanol–water partition coefficient (Wildman–Crippen LogP) is 4.17. The molecule has 0 radical (unpaired) electrons. The number of nitrogens with one attached hydrogen (secondary N) is 2. The summed E-state index contributed by atoms with van der Waals surface area (Å²) in [4.78, 5) is 59.4. The third-order valence-corrected chi connectivity index (χ3v) is 12.9. The number of nitrogen functional groups attached to an aromatic ring is 2. The molecule has 2 aliphatic heterocycles. The molecule has 350 valence electrons. The number of nitrogens with zero attached hydrogens (tertiary/aromatic N) is 6. The van der Waals surface area contributed by atoms with Crippen molar-refractivity contribution in [3.05, 3.63) is 129 Å². The van der Waals surface area contributed by atoms with Gasteiger partial charge in [0.15, 0.2) is 22.3 Å². The van der Waals surface area contributed by atoms with Gasteiger partial charge in [0.1, 0.15) is 47.9 Å². The van der Waals surface area contributed by atoms with Crippen molar-refractivity contribution in [1.82, 2.24) is 39.0 Å². The molecule has 7 atom stereocenters. The fourth-order valence-electron chi connectivity index (χ4n) is 8.56. The number of esters is 1. The van der Waals surface area contributed by atoms with Crippen LogP contribution >= 0.6 is 7.60 Å². The lowest BCUT2D eigenvalue weighted by molar-refractivity contribution is -0.150. The summed E-state index contributed by atoms with van der Waals surface area (Å²) in [7, 11) is -0.865. The first-order chi connectivity index (χ1) is 32.2. The zero-order valence-corrected chi connectivity index (χ0v) is 37.5. The van der Waals surface area contributed by atoms with Gasteiger partial charge in [-0.1, -0.05) is 54.6 Å². The molecule has 0 bridgehead atoms. The van der Waals surface area contributed by atoms with Gasteiger partial charge in [-0.2, -0.15) is 9.97 Å². The van der Waals surface area contributed by atoms with Crippen molar-refractivity contribution in [2.75, 3.05) is 45.6 Å². The van der Waals surface area contributed by atoms with Crippen molar-refractivity contribution in [1.29, 1.82) is 0 Å². The molecule has 9 rings (SSSR count). The van der Waals surface area contributed by atoms with Gasteiger partial charge in [-0.25, -0.2) is 9.97 Å². The second-order valence-corrected chi connectivity index (χ2v) is 18.0. The summed E-state index contributed by atoms with van der Waals surface area (Å²) in [6, 6.07) is 24.7. The number of aromatic nitrogens is 8. The maximum atomic E-state index is 14.5. The number of carbonyl (C=O) groups is 1. The van der Waals surface area contributed by atoms with Gasteiger partial charge < -0.3 is 48.9 Å². The summed E-state index contributed by atoms with van der Waals surface area (Å²) >= 11 is 0. The van der Waals surface area contributed by atoms with E-state index in [9.17, 15) is 18.9 Å². The highest BCUT2D eigenvalue weighted by molar-refractivity contribution is 7.53. The van der Waals surface area contributed by atoms with Crippen LogP contribution in [0.15, 0.2) is 101 Å². The fourth-order valence-corrected chi connectivity index (χ4v) is 9.76. The van der Waals surface area contributed by atoms with Crippen molar-refractivity contribution in [3.63, 3.8) is 0 Å². The minimum atomic E-state index is -4.04. The largest absolute Gasteiger partial charge is 0.497 e. The third-order valence-electron chi connectivity index (χ3n) is 11.6. The molecule has 1 unspecified atom stereocenters. The van der Waals surface area contributed by atoms with Crippen LogP contribution in [0.4, 0.5) is 11.9 Å². The lowest BCUT2D eigenvalue weighted by Crippen LogP contribution is -2.38. The molecule has 7 aromatic rings. The van der Waals surface area contributed by atoms with Gasteiger partial charge in [0.05, 0.1) is 46.2 Å². The number of hydrogen-bond acceptors (Lipinski definition) is 18. The Labute approximate surface area is 381 Å². The van der Waals surface area contributed by atoms with E-state index >= 15 is 0 Å². The summed E-state index contributed by atoms with van der Waals surface area (Å²) in [6.45, 7) is 2.09. The van der Waals surface area contributed by atoms with Crippen LogP contribution in [-0.2, 0) is 43.0 Å². The van der Waals surface area contributed by atoms with E-state index < -0.39 is 67.2 Å². The van der Waals surface area contributed by atoms with Crippen molar-refractivity contribution in [2.45, 2.75) is 62.2 Å². The zero-order chi connectivity index (χ0) is 47.0. The van der Waals surface area contributed by atoms with Crippen molar-refractivity contribution >= 4 is 47.8 Å². The average molecular weight is 939 g/mol. The summed E-state index contributed by atoms with van der Waals surface area (Å²) in [5.74, 6) is 0.454. The number of anilines is 2. The summed E-state index contributed by atoms with van der Waals surface area (Å²) in [6.07, 6.45) is -2.42. The number of benzene rings is 3. The van der Waals surface area contributed by atoms with E-state index in [4.69, 9.17) is 48.9 Å². The molecule has 67 heavy (non-hydrogen) atoms. The van der Waals surface area contributed by atoms with Crippen LogP contribution in [0.1, 0.15) is 48.9 Å². The van der Waals surface area contributed by atoms with Crippen LogP contribution in [0.2, 0.25) is 0 Å². The quantitative estimate of drug-likeness (QED) is 0.0600. The normalized spacial score (nSPS) is 21.7. The van der Waals surface area contributed by atoms with Crippen LogP contribution in [0.25, 0.3) is 22.3 Å². The molecule has 6 heterocycles. The lowest BCUT2D eigenvalue weighted by atomic mass is 9.80. The number of imidazole rings is 2. The Kier molecular flexibility index (Phi) is 12.4. The van der Waals surface area contributed by atoms with Crippen LogP contribution in [0.3, 0.4) is 0 Å². The maximum absolute atomic E-state index is 14.5. The molecule has 23 heteroatoms. The van der Waals surface area contributed by atoms with Crippen LogP contribution in [-0.4, -0.2) is 104 Å². The van der Waals surface area contributed by atoms with Gasteiger partial charge in [-0.3, -0.25) is 38.1 Å². The molecule has 3 aromatic carbocycles. The molecule has 0 aliphatic carbocycles. The molecule has 4 aromatic heterocycles. The smallest absolute Gasteiger partial charge is 0.328 e. The third kappa shape index (κ3) is 9.01. The molecule has 22 nitrogen and oxygen atoms in total. The number of nitrogens with two attached hydrogens (primary N) is 2. The van der Waals surface area contributed by atoms with Crippen LogP contribution in [0.5, 0.6) is 11.5 Å². The molecule has 2 aliphatic rings. The van der Waals surface area contributed by atoms with Gasteiger partial charge in [0.2, 0.25) is 11.9 Å². The number of ether oxygens (including phenoxy) is 6. The van der Waals surface area contributed by atoms with Crippen molar-refractivity contribution in [2.24, 2.45) is 0 Å². The number of hydrogen-bond donors (Lipinski definition) is 4. The molecular formula is C44H47N10O12P. The van der Waals surface area contributed by atoms with E-state index in [1.165, 1.54) is 30.8 Å². The molecule has 0 saturated carbocycles.